The number of hydrogen-bond donors (Lipinski definition) is 4. The van der Waals surface area contributed by atoms with Gasteiger partial charge in [0.05, 0.1) is 57.8 Å². The van der Waals surface area contributed by atoms with Crippen LogP contribution in [0.3, 0.4) is 0 Å². The smallest absolute Gasteiger partial charge is 0.235 e. The Morgan fingerprint density at radius 2 is 1.21 bits per heavy atom. The van der Waals surface area contributed by atoms with Gasteiger partial charge < -0.3 is 23.5 Å². The second-order valence-electron chi connectivity index (χ2n) is 15.6. The minimum atomic E-state index is -0.690. The number of nitrogens with zero attached hydrogens (tertiary/aromatic N) is 7. The molecule has 316 valence electrons. The number of aryl methyl sites for hydroxylation is 2. The zero-order valence-electron chi connectivity index (χ0n) is 33.6. The van der Waals surface area contributed by atoms with Crippen LogP contribution in [-0.4, -0.2) is 75.3 Å². The SMILES string of the molecule is C=C1NC(=O)CC(=O)C1c1noc2ccc3[nH]ncc3c12.Cn1ccc2c3c(C4CCC(=O)NC4=O)noc3ccc21.Cn1ncc2c3c(C4CCC(=O)NC4=O)noc3ccc21. The van der Waals surface area contributed by atoms with E-state index in [-0.39, 0.29) is 41.7 Å². The minimum Gasteiger partial charge on any atom is -0.356 e. The number of aromatic nitrogens is 8. The predicted octanol–water partition coefficient (Wildman–Crippen LogP) is 4.46. The lowest BCUT2D eigenvalue weighted by atomic mass is 9.89. The molecule has 9 aromatic rings. The summed E-state index contributed by atoms with van der Waals surface area (Å²) in [5.74, 6) is -3.25. The fourth-order valence-electron chi connectivity index (χ4n) is 8.64. The highest BCUT2D eigenvalue weighted by molar-refractivity contribution is 6.12. The summed E-state index contributed by atoms with van der Waals surface area (Å²) in [6.45, 7) is 3.77. The molecule has 20 nitrogen and oxygen atoms in total. The average Bonchev–Trinajstić information content (AvgIpc) is 4.12. The molecular formula is C43H35N11O9. The quantitative estimate of drug-likeness (QED) is 0.141. The summed E-state index contributed by atoms with van der Waals surface area (Å²) in [6.07, 6.45) is 6.74. The van der Waals surface area contributed by atoms with Crippen LogP contribution >= 0.6 is 0 Å². The summed E-state index contributed by atoms with van der Waals surface area (Å²) >= 11 is 0. The van der Waals surface area contributed by atoms with Crippen molar-refractivity contribution in [1.29, 1.82) is 0 Å². The summed E-state index contributed by atoms with van der Waals surface area (Å²) < 4.78 is 19.8. The number of Topliss-reactive ketones (excluding diaryl/α,β-unsaturated/α-hetero) is 1. The fraction of sp³-hybridized carbons (Fsp3) is 0.233. The molecule has 9 heterocycles. The molecule has 3 aliphatic rings. The van der Waals surface area contributed by atoms with Crippen molar-refractivity contribution in [1.82, 2.24) is 56.0 Å². The Morgan fingerprint density at radius 1 is 0.635 bits per heavy atom. The highest BCUT2D eigenvalue weighted by Crippen LogP contribution is 2.38. The van der Waals surface area contributed by atoms with E-state index in [2.05, 4.69) is 53.3 Å². The highest BCUT2D eigenvalue weighted by Gasteiger charge is 2.36. The second kappa shape index (κ2) is 15.0. The standard InChI is InChI=1S/C15H13N3O3.C14H12N4O3.C14H10N4O3/c1-18-7-6-8-10(18)3-4-11-13(8)14(17-21-11)9-2-5-12(19)16-15(9)20;1-18-9-3-4-10-12(8(9)6-15-18)13(17-21-10)7-2-5-11(19)16-14(7)20;1-6-12(9(19)4-11(20)16-6)14-13-7-5-15-17-8(7)2-3-10(13)21-18-14/h3-4,6-7,9H,2,5H2,1H3,(H,16,19,20);3-4,6-7H,2,5H2,1H3,(H,16,19,20);2-3,5,12H,1,4H2,(H,15,17)(H,16,20). The van der Waals surface area contributed by atoms with Gasteiger partial charge in [0.2, 0.25) is 29.5 Å². The maximum absolute atomic E-state index is 12.2. The molecule has 3 aromatic carbocycles. The number of imide groups is 2. The maximum atomic E-state index is 12.2. The maximum Gasteiger partial charge on any atom is 0.235 e. The van der Waals surface area contributed by atoms with Gasteiger partial charge in [0.15, 0.2) is 22.5 Å². The average molecular weight is 850 g/mol. The van der Waals surface area contributed by atoms with E-state index in [0.29, 0.717) is 65.2 Å². The van der Waals surface area contributed by atoms with E-state index in [1.165, 1.54) is 0 Å². The van der Waals surface area contributed by atoms with Gasteiger partial charge in [-0.3, -0.25) is 49.2 Å². The van der Waals surface area contributed by atoms with Crippen molar-refractivity contribution in [2.75, 3.05) is 0 Å². The van der Waals surface area contributed by atoms with E-state index in [1.54, 1.807) is 23.1 Å². The molecule has 0 spiro atoms. The number of hydrogen-bond acceptors (Lipinski definition) is 14. The van der Waals surface area contributed by atoms with Crippen LogP contribution in [0.1, 0.15) is 66.9 Å². The minimum absolute atomic E-state index is 0.181. The molecule has 3 fully saturated rings. The molecule has 0 saturated carbocycles. The molecule has 63 heavy (non-hydrogen) atoms. The molecule has 5 amide bonds. The summed E-state index contributed by atoms with van der Waals surface area (Å²) in [6, 6.07) is 13.1. The van der Waals surface area contributed by atoms with Crippen molar-refractivity contribution in [3.05, 3.63) is 90.4 Å². The number of piperidine rings is 3. The number of carbonyl (C=O) groups excluding carboxylic acids is 6. The molecule has 20 heteroatoms. The third kappa shape index (κ3) is 6.58. The number of nitrogens with one attached hydrogen (secondary N) is 4. The van der Waals surface area contributed by atoms with Crippen LogP contribution in [0.2, 0.25) is 0 Å². The van der Waals surface area contributed by atoms with Crippen LogP contribution in [0.5, 0.6) is 0 Å². The molecule has 0 aliphatic carbocycles. The molecule has 3 atom stereocenters. The first-order valence-electron chi connectivity index (χ1n) is 19.9. The van der Waals surface area contributed by atoms with Crippen LogP contribution in [-0.2, 0) is 42.9 Å². The number of allylic oxidation sites excluding steroid dienone is 1. The van der Waals surface area contributed by atoms with Crippen molar-refractivity contribution in [2.24, 2.45) is 14.1 Å². The van der Waals surface area contributed by atoms with E-state index in [9.17, 15) is 28.8 Å². The van der Waals surface area contributed by atoms with Crippen LogP contribution < -0.4 is 16.0 Å². The Hall–Kier alpha value is -8.29. The van der Waals surface area contributed by atoms with Gasteiger partial charge >= 0.3 is 0 Å². The van der Waals surface area contributed by atoms with Crippen molar-refractivity contribution in [3.8, 4) is 0 Å². The first kappa shape index (κ1) is 38.9. The van der Waals surface area contributed by atoms with Gasteiger partial charge in [-0.05, 0) is 55.3 Å². The van der Waals surface area contributed by atoms with E-state index >= 15 is 0 Å². The van der Waals surface area contributed by atoms with Gasteiger partial charge in [-0.2, -0.15) is 10.2 Å². The predicted molar refractivity (Wildman–Crippen MR) is 222 cm³/mol. The number of H-pyrrole nitrogens is 1. The van der Waals surface area contributed by atoms with Gasteiger partial charge in [-0.25, -0.2) is 0 Å². The Labute approximate surface area is 352 Å². The van der Waals surface area contributed by atoms with Gasteiger partial charge in [0, 0.05) is 60.5 Å². The number of carbonyl (C=O) groups is 6. The molecular weight excluding hydrogens is 815 g/mol. The van der Waals surface area contributed by atoms with E-state index in [4.69, 9.17) is 13.6 Å². The van der Waals surface area contributed by atoms with Crippen LogP contribution in [0, 0.1) is 0 Å². The summed E-state index contributed by atoms with van der Waals surface area (Å²) in [5, 5.41) is 35.7. The number of benzene rings is 3. The molecule has 12 rings (SSSR count). The lowest BCUT2D eigenvalue weighted by Crippen LogP contribution is -2.39. The third-order valence-corrected chi connectivity index (χ3v) is 11.7. The first-order chi connectivity index (χ1) is 30.4. The van der Waals surface area contributed by atoms with Crippen molar-refractivity contribution >= 4 is 101 Å². The molecule has 0 bridgehead atoms. The molecule has 3 aliphatic heterocycles. The number of rotatable bonds is 3. The van der Waals surface area contributed by atoms with E-state index < -0.39 is 17.8 Å². The lowest BCUT2D eigenvalue weighted by molar-refractivity contribution is -0.136. The fourth-order valence-corrected chi connectivity index (χ4v) is 8.64. The third-order valence-electron chi connectivity index (χ3n) is 11.7. The number of amides is 5. The highest BCUT2D eigenvalue weighted by atomic mass is 16.5. The zero-order valence-corrected chi connectivity index (χ0v) is 33.6. The van der Waals surface area contributed by atoms with Crippen molar-refractivity contribution in [3.63, 3.8) is 0 Å². The second-order valence-corrected chi connectivity index (χ2v) is 15.6. The van der Waals surface area contributed by atoms with E-state index in [1.807, 2.05) is 61.3 Å². The normalized spacial score (nSPS) is 19.4. The summed E-state index contributed by atoms with van der Waals surface area (Å²) in [5.41, 5.74) is 6.66. The molecule has 3 saturated heterocycles. The topological polar surface area (TPSA) is 268 Å². The molecule has 4 N–H and O–H groups in total. The Morgan fingerprint density at radius 3 is 1.83 bits per heavy atom. The number of fused-ring (bicyclic) bond motifs is 9. The van der Waals surface area contributed by atoms with Gasteiger partial charge in [0.1, 0.15) is 23.0 Å². The lowest BCUT2D eigenvalue weighted by Gasteiger charge is -2.22. The van der Waals surface area contributed by atoms with Crippen LogP contribution in [0.15, 0.2) is 86.9 Å². The number of aromatic amines is 1. The van der Waals surface area contributed by atoms with Gasteiger partial charge in [-0.15, -0.1) is 0 Å². The van der Waals surface area contributed by atoms with Gasteiger partial charge in [-0.1, -0.05) is 22.0 Å². The molecule has 3 unspecified atom stereocenters. The largest absolute Gasteiger partial charge is 0.356 e. The van der Waals surface area contributed by atoms with Crippen LogP contribution in [0.25, 0.3) is 65.6 Å². The van der Waals surface area contributed by atoms with Crippen molar-refractivity contribution < 1.29 is 42.3 Å². The van der Waals surface area contributed by atoms with Crippen molar-refractivity contribution in [2.45, 2.75) is 49.9 Å². The summed E-state index contributed by atoms with van der Waals surface area (Å²) in [4.78, 5) is 70.3. The molecule has 0 radical (unpaired) electrons. The summed E-state index contributed by atoms with van der Waals surface area (Å²) in [7, 11) is 3.82. The van der Waals surface area contributed by atoms with E-state index in [0.717, 1.165) is 48.9 Å². The first-order valence-corrected chi connectivity index (χ1v) is 19.9. The van der Waals surface area contributed by atoms with Crippen LogP contribution in [0.4, 0.5) is 0 Å². The van der Waals surface area contributed by atoms with Gasteiger partial charge in [0.25, 0.3) is 0 Å². The molecule has 6 aromatic heterocycles. The monoisotopic (exact) mass is 849 g/mol. The Bertz CT molecular complexity index is 3250. The zero-order chi connectivity index (χ0) is 43.7. The Kier molecular flexibility index (Phi) is 9.26. The Balaban J connectivity index is 0.000000112. The number of ketones is 1.